The van der Waals surface area contributed by atoms with E-state index in [1.165, 1.54) is 11.3 Å². The third-order valence-corrected chi connectivity index (χ3v) is 4.79. The number of anilines is 1. The van der Waals surface area contributed by atoms with Crippen molar-refractivity contribution < 1.29 is 4.79 Å². The van der Waals surface area contributed by atoms with Gasteiger partial charge in [-0.25, -0.2) is 9.78 Å². The van der Waals surface area contributed by atoms with Crippen LogP contribution in [0.1, 0.15) is 11.3 Å². The Labute approximate surface area is 147 Å². The molecule has 0 bridgehead atoms. The summed E-state index contributed by atoms with van der Waals surface area (Å²) in [5.74, 6) is 0. The lowest BCUT2D eigenvalue weighted by Gasteiger charge is -2.27. The second-order valence-corrected chi connectivity index (χ2v) is 6.67. The number of rotatable bonds is 2. The lowest BCUT2D eigenvalue weighted by molar-refractivity contribution is 0.206. The molecule has 0 fully saturated rings. The van der Waals surface area contributed by atoms with E-state index >= 15 is 0 Å². The highest BCUT2D eigenvalue weighted by atomic mass is 35.5. The summed E-state index contributed by atoms with van der Waals surface area (Å²) in [4.78, 5) is 18.6. The van der Waals surface area contributed by atoms with Crippen LogP contribution in [-0.2, 0) is 13.0 Å². The van der Waals surface area contributed by atoms with E-state index in [-0.39, 0.29) is 6.03 Å². The Hall–Kier alpha value is -2.38. The summed E-state index contributed by atoms with van der Waals surface area (Å²) in [6, 6.07) is 6.98. The van der Waals surface area contributed by atoms with E-state index in [0.29, 0.717) is 23.8 Å². The number of fused-ring (bicyclic) bond motifs is 1. The summed E-state index contributed by atoms with van der Waals surface area (Å²) < 4.78 is 0. The number of carbonyl (C=O) groups is 1. The van der Waals surface area contributed by atoms with Gasteiger partial charge in [-0.15, -0.1) is 11.3 Å². The van der Waals surface area contributed by atoms with Crippen LogP contribution < -0.4 is 5.32 Å². The minimum Gasteiger partial charge on any atom is -0.320 e. The van der Waals surface area contributed by atoms with Crippen LogP contribution in [0.15, 0.2) is 35.2 Å². The quantitative estimate of drug-likeness (QED) is 0.731. The average molecular weight is 360 g/mol. The molecule has 1 aliphatic heterocycles. The summed E-state index contributed by atoms with van der Waals surface area (Å²) >= 11 is 7.49. The topological polar surface area (TPSA) is 73.9 Å². The predicted molar refractivity (Wildman–Crippen MR) is 94.3 cm³/mol. The summed E-state index contributed by atoms with van der Waals surface area (Å²) in [6.07, 6.45) is 0.745. The molecule has 0 atom stereocenters. The van der Waals surface area contributed by atoms with Crippen molar-refractivity contribution in [1.29, 1.82) is 0 Å². The Balaban J connectivity index is 1.53. The van der Waals surface area contributed by atoms with Crippen molar-refractivity contribution in [3.05, 3.63) is 51.4 Å². The first-order valence-electron chi connectivity index (χ1n) is 7.47. The molecule has 4 rings (SSSR count). The van der Waals surface area contributed by atoms with Gasteiger partial charge in [0, 0.05) is 40.3 Å². The monoisotopic (exact) mass is 359 g/mol. The highest BCUT2D eigenvalue weighted by molar-refractivity contribution is 7.07. The maximum absolute atomic E-state index is 12.5. The van der Waals surface area contributed by atoms with Crippen molar-refractivity contribution in [3.63, 3.8) is 0 Å². The molecule has 8 heteroatoms. The fraction of sp³-hybridized carbons (Fsp3) is 0.188. The van der Waals surface area contributed by atoms with Crippen LogP contribution in [0.25, 0.3) is 11.4 Å². The number of hydrogen-bond acceptors (Lipinski definition) is 4. The van der Waals surface area contributed by atoms with Gasteiger partial charge in [-0.1, -0.05) is 17.7 Å². The van der Waals surface area contributed by atoms with E-state index in [2.05, 4.69) is 20.5 Å². The lowest BCUT2D eigenvalue weighted by atomic mass is 10.0. The lowest BCUT2D eigenvalue weighted by Crippen LogP contribution is -2.38. The van der Waals surface area contributed by atoms with Crippen LogP contribution in [-0.4, -0.2) is 32.7 Å². The number of thiazole rings is 1. The van der Waals surface area contributed by atoms with Gasteiger partial charge < -0.3 is 10.2 Å². The SMILES string of the molecule is O=C(Nc1cccc(Cl)c1)N1CCc2[nH]nc(-c3cscn3)c2C1. The van der Waals surface area contributed by atoms with E-state index in [1.807, 2.05) is 17.5 Å². The highest BCUT2D eigenvalue weighted by Gasteiger charge is 2.26. The molecule has 0 spiro atoms. The van der Waals surface area contributed by atoms with Crippen molar-refractivity contribution >= 4 is 34.7 Å². The van der Waals surface area contributed by atoms with E-state index in [9.17, 15) is 4.79 Å². The number of halogens is 1. The van der Waals surface area contributed by atoms with Crippen molar-refractivity contribution in [3.8, 4) is 11.4 Å². The number of carbonyl (C=O) groups excluding carboxylic acids is 1. The third-order valence-electron chi connectivity index (χ3n) is 3.97. The fourth-order valence-electron chi connectivity index (χ4n) is 2.78. The standard InChI is InChI=1S/C16H14ClN5OS/c17-10-2-1-3-11(6-10)19-16(23)22-5-4-13-12(7-22)15(21-20-13)14-8-24-9-18-14/h1-3,6,8-9H,4-5,7H2,(H,19,23)(H,20,21). The van der Waals surface area contributed by atoms with Gasteiger partial charge in [-0.3, -0.25) is 5.10 Å². The zero-order valence-electron chi connectivity index (χ0n) is 12.6. The minimum absolute atomic E-state index is 0.145. The van der Waals surface area contributed by atoms with Crippen LogP contribution in [0, 0.1) is 0 Å². The summed E-state index contributed by atoms with van der Waals surface area (Å²) in [5, 5.41) is 12.9. The van der Waals surface area contributed by atoms with Gasteiger partial charge in [0.25, 0.3) is 0 Å². The number of benzene rings is 1. The second kappa shape index (κ2) is 6.26. The maximum Gasteiger partial charge on any atom is 0.322 e. The molecule has 24 heavy (non-hydrogen) atoms. The first-order valence-corrected chi connectivity index (χ1v) is 8.79. The van der Waals surface area contributed by atoms with Crippen LogP contribution in [0.2, 0.25) is 5.02 Å². The Morgan fingerprint density at radius 1 is 1.42 bits per heavy atom. The Bertz CT molecular complexity index is 876. The fourth-order valence-corrected chi connectivity index (χ4v) is 3.51. The number of nitrogens with zero attached hydrogens (tertiary/aromatic N) is 3. The van der Waals surface area contributed by atoms with E-state index < -0.39 is 0 Å². The van der Waals surface area contributed by atoms with Gasteiger partial charge in [0.05, 0.1) is 12.1 Å². The molecule has 2 aromatic heterocycles. The Morgan fingerprint density at radius 2 is 2.33 bits per heavy atom. The van der Waals surface area contributed by atoms with Gasteiger partial charge in [-0.05, 0) is 18.2 Å². The number of H-pyrrole nitrogens is 1. The van der Waals surface area contributed by atoms with Crippen molar-refractivity contribution in [2.45, 2.75) is 13.0 Å². The second-order valence-electron chi connectivity index (χ2n) is 5.52. The van der Waals surface area contributed by atoms with E-state index in [0.717, 1.165) is 29.1 Å². The van der Waals surface area contributed by atoms with Crippen LogP contribution in [0.5, 0.6) is 0 Å². The molecule has 0 unspecified atom stereocenters. The van der Waals surface area contributed by atoms with Crippen LogP contribution in [0.3, 0.4) is 0 Å². The normalized spacial score (nSPS) is 13.6. The summed E-state index contributed by atoms with van der Waals surface area (Å²) in [7, 11) is 0. The van der Waals surface area contributed by atoms with Gasteiger partial charge in [0.1, 0.15) is 11.4 Å². The maximum atomic E-state index is 12.5. The predicted octanol–water partition coefficient (Wildman–Crippen LogP) is 3.78. The van der Waals surface area contributed by atoms with Crippen LogP contribution >= 0.6 is 22.9 Å². The molecule has 1 aliphatic rings. The molecule has 2 N–H and O–H groups in total. The van der Waals surface area contributed by atoms with Crippen molar-refractivity contribution in [2.75, 3.05) is 11.9 Å². The third kappa shape index (κ3) is 2.88. The largest absolute Gasteiger partial charge is 0.322 e. The van der Waals surface area contributed by atoms with E-state index in [1.54, 1.807) is 22.5 Å². The molecule has 122 valence electrons. The molecule has 0 radical (unpaired) electrons. The molecule has 0 saturated carbocycles. The van der Waals surface area contributed by atoms with Crippen LogP contribution in [0.4, 0.5) is 10.5 Å². The number of aromatic nitrogens is 3. The zero-order valence-corrected chi connectivity index (χ0v) is 14.2. The first-order chi connectivity index (χ1) is 11.7. The van der Waals surface area contributed by atoms with Gasteiger partial charge >= 0.3 is 6.03 Å². The summed E-state index contributed by atoms with van der Waals surface area (Å²) in [6.45, 7) is 1.14. The highest BCUT2D eigenvalue weighted by Crippen LogP contribution is 2.28. The molecule has 0 aliphatic carbocycles. The number of nitrogens with one attached hydrogen (secondary N) is 2. The molecular formula is C16H14ClN5OS. The average Bonchev–Trinajstić information content (AvgIpc) is 3.23. The summed E-state index contributed by atoms with van der Waals surface area (Å²) in [5.41, 5.74) is 6.24. The smallest absolute Gasteiger partial charge is 0.320 e. The molecule has 0 saturated heterocycles. The molecule has 3 heterocycles. The van der Waals surface area contributed by atoms with Crippen molar-refractivity contribution in [1.82, 2.24) is 20.1 Å². The number of aromatic amines is 1. The van der Waals surface area contributed by atoms with Gasteiger partial charge in [-0.2, -0.15) is 5.10 Å². The Morgan fingerprint density at radius 3 is 3.12 bits per heavy atom. The van der Waals surface area contributed by atoms with E-state index in [4.69, 9.17) is 11.6 Å². The number of hydrogen-bond donors (Lipinski definition) is 2. The zero-order chi connectivity index (χ0) is 16.5. The van der Waals surface area contributed by atoms with Gasteiger partial charge in [0.2, 0.25) is 0 Å². The van der Waals surface area contributed by atoms with Crippen molar-refractivity contribution in [2.24, 2.45) is 0 Å². The molecule has 1 aromatic carbocycles. The number of amides is 2. The number of urea groups is 1. The Kier molecular flexibility index (Phi) is 3.95. The van der Waals surface area contributed by atoms with Gasteiger partial charge in [0.15, 0.2) is 0 Å². The molecular weight excluding hydrogens is 346 g/mol. The molecule has 3 aromatic rings. The first kappa shape index (κ1) is 15.2. The molecule has 6 nitrogen and oxygen atoms in total. The molecule has 2 amide bonds. The minimum atomic E-state index is -0.145.